The predicted molar refractivity (Wildman–Crippen MR) is 65.5 cm³/mol. The number of imidazole rings is 1. The first-order valence-corrected chi connectivity index (χ1v) is 5.69. The van der Waals surface area contributed by atoms with E-state index in [1.807, 2.05) is 24.0 Å². The quantitative estimate of drug-likeness (QED) is 0.788. The molecule has 0 radical (unpaired) electrons. The predicted octanol–water partition coefficient (Wildman–Crippen LogP) is 2.45. The maximum atomic E-state index is 4.37. The average molecular weight is 213 g/mol. The van der Waals surface area contributed by atoms with Crippen LogP contribution in [0.5, 0.6) is 0 Å². The van der Waals surface area contributed by atoms with Gasteiger partial charge in [0.1, 0.15) is 5.82 Å². The summed E-state index contributed by atoms with van der Waals surface area (Å²) in [6.45, 7) is 1.08. The summed E-state index contributed by atoms with van der Waals surface area (Å²) in [5.41, 5.74) is 3.87. The SMILES string of the molecule is Cn1ccnc1-c1ccc2c(c1)NCCC2. The summed E-state index contributed by atoms with van der Waals surface area (Å²) in [6, 6.07) is 6.58. The van der Waals surface area contributed by atoms with Gasteiger partial charge >= 0.3 is 0 Å². The van der Waals surface area contributed by atoms with Crippen LogP contribution in [0, 0.1) is 0 Å². The first-order chi connectivity index (χ1) is 7.84. The van der Waals surface area contributed by atoms with Gasteiger partial charge in [-0.25, -0.2) is 4.98 Å². The largest absolute Gasteiger partial charge is 0.385 e. The van der Waals surface area contributed by atoms with Gasteiger partial charge in [-0.2, -0.15) is 0 Å². The van der Waals surface area contributed by atoms with Crippen LogP contribution in [0.3, 0.4) is 0 Å². The van der Waals surface area contributed by atoms with Gasteiger partial charge < -0.3 is 9.88 Å². The van der Waals surface area contributed by atoms with Crippen molar-refractivity contribution in [3.8, 4) is 11.4 Å². The van der Waals surface area contributed by atoms with Crippen molar-refractivity contribution in [1.82, 2.24) is 9.55 Å². The Morgan fingerprint density at radius 2 is 2.31 bits per heavy atom. The fourth-order valence-corrected chi connectivity index (χ4v) is 2.24. The van der Waals surface area contributed by atoms with Crippen molar-refractivity contribution in [2.45, 2.75) is 12.8 Å². The zero-order valence-corrected chi connectivity index (χ0v) is 9.40. The third-order valence-electron chi connectivity index (χ3n) is 3.13. The minimum absolute atomic E-state index is 1.02. The van der Waals surface area contributed by atoms with Crippen LogP contribution in [-0.4, -0.2) is 16.1 Å². The van der Waals surface area contributed by atoms with Crippen LogP contribution in [0.15, 0.2) is 30.6 Å². The van der Waals surface area contributed by atoms with E-state index in [4.69, 9.17) is 0 Å². The van der Waals surface area contributed by atoms with Gasteiger partial charge in [-0.1, -0.05) is 12.1 Å². The molecule has 0 spiro atoms. The van der Waals surface area contributed by atoms with E-state index in [-0.39, 0.29) is 0 Å². The number of hydrogen-bond acceptors (Lipinski definition) is 2. The van der Waals surface area contributed by atoms with E-state index in [9.17, 15) is 0 Å². The fraction of sp³-hybridized carbons (Fsp3) is 0.308. The number of nitrogens with one attached hydrogen (secondary N) is 1. The molecular formula is C13H15N3. The number of aryl methyl sites for hydroxylation is 2. The Morgan fingerprint density at radius 1 is 1.38 bits per heavy atom. The number of anilines is 1. The average Bonchev–Trinajstić information content (AvgIpc) is 2.75. The van der Waals surface area contributed by atoms with E-state index in [1.165, 1.54) is 29.7 Å². The van der Waals surface area contributed by atoms with E-state index in [0.29, 0.717) is 0 Å². The van der Waals surface area contributed by atoms with Crippen molar-refractivity contribution in [2.24, 2.45) is 7.05 Å². The van der Waals surface area contributed by atoms with Crippen molar-refractivity contribution in [2.75, 3.05) is 11.9 Å². The molecule has 1 N–H and O–H groups in total. The van der Waals surface area contributed by atoms with Gasteiger partial charge in [-0.3, -0.25) is 0 Å². The van der Waals surface area contributed by atoms with Gasteiger partial charge in [0.05, 0.1) is 0 Å². The Bertz CT molecular complexity index is 514. The summed E-state index contributed by atoms with van der Waals surface area (Å²) in [7, 11) is 2.02. The number of hydrogen-bond donors (Lipinski definition) is 1. The minimum atomic E-state index is 1.02. The van der Waals surface area contributed by atoms with Crippen LogP contribution in [0.2, 0.25) is 0 Å². The summed E-state index contributed by atoms with van der Waals surface area (Å²) in [6.07, 6.45) is 6.22. The van der Waals surface area contributed by atoms with Crippen molar-refractivity contribution in [3.63, 3.8) is 0 Å². The van der Waals surface area contributed by atoms with Crippen LogP contribution < -0.4 is 5.32 Å². The molecule has 1 aliphatic heterocycles. The Balaban J connectivity index is 2.06. The number of nitrogens with zero attached hydrogens (tertiary/aromatic N) is 2. The molecule has 16 heavy (non-hydrogen) atoms. The van der Waals surface area contributed by atoms with E-state index >= 15 is 0 Å². The molecule has 0 bridgehead atoms. The van der Waals surface area contributed by atoms with Gasteiger partial charge in [-0.05, 0) is 24.5 Å². The summed E-state index contributed by atoms with van der Waals surface area (Å²) in [4.78, 5) is 4.37. The molecular weight excluding hydrogens is 198 g/mol. The molecule has 3 nitrogen and oxygen atoms in total. The lowest BCUT2D eigenvalue weighted by atomic mass is 10.0. The fourth-order valence-electron chi connectivity index (χ4n) is 2.24. The molecule has 0 saturated heterocycles. The summed E-state index contributed by atoms with van der Waals surface area (Å²) < 4.78 is 2.05. The lowest BCUT2D eigenvalue weighted by Gasteiger charge is -2.18. The summed E-state index contributed by atoms with van der Waals surface area (Å²) in [5, 5.41) is 3.45. The molecule has 0 saturated carbocycles. The number of benzene rings is 1. The highest BCUT2D eigenvalue weighted by atomic mass is 15.0. The molecule has 0 fully saturated rings. The smallest absolute Gasteiger partial charge is 0.139 e. The second-order valence-corrected chi connectivity index (χ2v) is 4.26. The number of rotatable bonds is 1. The lowest BCUT2D eigenvalue weighted by Crippen LogP contribution is -2.11. The van der Waals surface area contributed by atoms with Crippen molar-refractivity contribution < 1.29 is 0 Å². The van der Waals surface area contributed by atoms with E-state index < -0.39 is 0 Å². The molecule has 2 aromatic rings. The Hall–Kier alpha value is -1.77. The van der Waals surface area contributed by atoms with Crippen LogP contribution >= 0.6 is 0 Å². The Morgan fingerprint density at radius 3 is 3.12 bits per heavy atom. The van der Waals surface area contributed by atoms with Gasteiger partial charge in [0.15, 0.2) is 0 Å². The molecule has 0 unspecified atom stereocenters. The minimum Gasteiger partial charge on any atom is -0.385 e. The van der Waals surface area contributed by atoms with E-state index in [1.54, 1.807) is 0 Å². The third-order valence-corrected chi connectivity index (χ3v) is 3.13. The van der Waals surface area contributed by atoms with Gasteiger partial charge in [0.2, 0.25) is 0 Å². The maximum absolute atomic E-state index is 4.37. The molecule has 0 atom stereocenters. The summed E-state index contributed by atoms with van der Waals surface area (Å²) in [5.74, 6) is 1.02. The van der Waals surface area contributed by atoms with Crippen LogP contribution in [0.4, 0.5) is 5.69 Å². The first kappa shape index (κ1) is 9.46. The molecule has 2 heterocycles. The number of aromatic nitrogens is 2. The van der Waals surface area contributed by atoms with Crippen molar-refractivity contribution >= 4 is 5.69 Å². The first-order valence-electron chi connectivity index (χ1n) is 5.69. The maximum Gasteiger partial charge on any atom is 0.139 e. The standard InChI is InChI=1S/C13H15N3/c1-16-8-7-15-13(16)11-5-4-10-3-2-6-14-12(10)9-11/h4-5,7-9,14H,2-3,6H2,1H3. The normalized spacial score (nSPS) is 14.3. The Labute approximate surface area is 95.1 Å². The topological polar surface area (TPSA) is 29.9 Å². The van der Waals surface area contributed by atoms with Gasteiger partial charge in [0.25, 0.3) is 0 Å². The number of fused-ring (bicyclic) bond motifs is 1. The van der Waals surface area contributed by atoms with E-state index in [0.717, 1.165) is 12.4 Å². The zero-order valence-electron chi connectivity index (χ0n) is 9.40. The molecule has 3 heteroatoms. The second-order valence-electron chi connectivity index (χ2n) is 4.26. The molecule has 3 rings (SSSR count). The lowest BCUT2D eigenvalue weighted by molar-refractivity contribution is 0.830. The highest BCUT2D eigenvalue weighted by Gasteiger charge is 2.10. The molecule has 0 amide bonds. The van der Waals surface area contributed by atoms with Crippen molar-refractivity contribution in [1.29, 1.82) is 0 Å². The third kappa shape index (κ3) is 1.48. The highest BCUT2D eigenvalue weighted by Crippen LogP contribution is 2.27. The molecule has 1 aliphatic rings. The zero-order chi connectivity index (χ0) is 11.0. The van der Waals surface area contributed by atoms with E-state index in [2.05, 4.69) is 28.5 Å². The van der Waals surface area contributed by atoms with Crippen molar-refractivity contribution in [3.05, 3.63) is 36.2 Å². The molecule has 82 valence electrons. The monoisotopic (exact) mass is 213 g/mol. The molecule has 0 aliphatic carbocycles. The Kier molecular flexibility index (Phi) is 2.17. The van der Waals surface area contributed by atoms with Gasteiger partial charge in [-0.15, -0.1) is 0 Å². The highest BCUT2D eigenvalue weighted by molar-refractivity contribution is 5.66. The van der Waals surface area contributed by atoms with Crippen LogP contribution in [-0.2, 0) is 13.5 Å². The molecule has 1 aromatic heterocycles. The second kappa shape index (κ2) is 3.67. The van der Waals surface area contributed by atoms with Crippen LogP contribution in [0.1, 0.15) is 12.0 Å². The summed E-state index contributed by atoms with van der Waals surface area (Å²) >= 11 is 0. The van der Waals surface area contributed by atoms with Crippen LogP contribution in [0.25, 0.3) is 11.4 Å². The molecule has 1 aromatic carbocycles. The van der Waals surface area contributed by atoms with Gasteiger partial charge in [0, 0.05) is 37.2 Å².